The van der Waals surface area contributed by atoms with E-state index in [1.54, 1.807) is 10.9 Å². The van der Waals surface area contributed by atoms with Gasteiger partial charge in [-0.25, -0.2) is 9.67 Å². The quantitative estimate of drug-likeness (QED) is 0.865. The van der Waals surface area contributed by atoms with Crippen molar-refractivity contribution in [2.45, 2.75) is 13.8 Å². The van der Waals surface area contributed by atoms with Gasteiger partial charge in [-0.3, -0.25) is 0 Å². The minimum absolute atomic E-state index is 0.346. The Bertz CT molecular complexity index is 574. The third-order valence-electron chi connectivity index (χ3n) is 2.45. The van der Waals surface area contributed by atoms with E-state index in [9.17, 15) is 0 Å². The Balaban J connectivity index is 2.47. The number of nitrogens with zero attached hydrogens (tertiary/aromatic N) is 3. The average Bonchev–Trinajstić information content (AvgIpc) is 2.57. The summed E-state index contributed by atoms with van der Waals surface area (Å²) in [5, 5.41) is 4.40. The van der Waals surface area contributed by atoms with E-state index in [-0.39, 0.29) is 0 Å². The van der Waals surface area contributed by atoms with Crippen molar-refractivity contribution in [3.63, 3.8) is 0 Å². The van der Waals surface area contributed by atoms with Gasteiger partial charge in [-0.1, -0.05) is 12.2 Å². The average molecular weight is 311 g/mol. The van der Waals surface area contributed by atoms with Crippen LogP contribution in [0.5, 0.6) is 0 Å². The Kier molecular flexibility index (Phi) is 3.26. The summed E-state index contributed by atoms with van der Waals surface area (Å²) in [6.45, 7) is 3.92. The number of hydrogen-bond acceptors (Lipinski definition) is 3. The molecule has 0 fully saturated rings. The summed E-state index contributed by atoms with van der Waals surface area (Å²) in [7, 11) is 0. The lowest BCUT2D eigenvalue weighted by molar-refractivity contribution is 0.805. The van der Waals surface area contributed by atoms with Gasteiger partial charge in [-0.2, -0.15) is 5.10 Å². The monoisotopic (exact) mass is 310 g/mol. The lowest BCUT2D eigenvalue weighted by atomic mass is 10.3. The van der Waals surface area contributed by atoms with Crippen LogP contribution in [0, 0.1) is 13.8 Å². The molecule has 0 aliphatic rings. The van der Waals surface area contributed by atoms with Gasteiger partial charge in [0.15, 0.2) is 5.82 Å². The van der Waals surface area contributed by atoms with Crippen LogP contribution in [-0.2, 0) is 0 Å². The zero-order valence-corrected chi connectivity index (χ0v) is 11.8. The maximum absolute atomic E-state index is 5.52. The predicted octanol–water partition coefficient (Wildman–Crippen LogP) is 2.28. The largest absolute Gasteiger partial charge is 0.389 e. The van der Waals surface area contributed by atoms with Crippen LogP contribution in [0.15, 0.2) is 22.8 Å². The number of pyridine rings is 1. The van der Waals surface area contributed by atoms with Crippen LogP contribution in [0.2, 0.25) is 0 Å². The molecule has 0 aliphatic carbocycles. The first-order valence-electron chi connectivity index (χ1n) is 4.98. The Morgan fingerprint density at radius 1 is 1.41 bits per heavy atom. The Labute approximate surface area is 113 Å². The number of aromatic nitrogens is 3. The summed E-state index contributed by atoms with van der Waals surface area (Å²) in [5.41, 5.74) is 8.22. The highest BCUT2D eigenvalue weighted by Crippen LogP contribution is 2.22. The molecule has 0 unspecified atom stereocenters. The molecule has 0 saturated carbocycles. The van der Waals surface area contributed by atoms with E-state index in [4.69, 9.17) is 18.0 Å². The molecule has 2 aromatic heterocycles. The third-order valence-corrected chi connectivity index (χ3v) is 3.84. The maximum atomic E-state index is 5.52. The second-order valence-corrected chi connectivity index (χ2v) is 4.90. The van der Waals surface area contributed by atoms with E-state index in [1.807, 2.05) is 26.0 Å². The summed E-state index contributed by atoms with van der Waals surface area (Å²) in [6, 6.07) is 3.69. The van der Waals surface area contributed by atoms with Gasteiger partial charge in [-0.15, -0.1) is 0 Å². The second-order valence-electron chi connectivity index (χ2n) is 3.67. The zero-order valence-electron chi connectivity index (χ0n) is 9.44. The minimum atomic E-state index is 0.346. The Morgan fingerprint density at radius 3 is 2.53 bits per heavy atom. The number of halogens is 1. The summed E-state index contributed by atoms with van der Waals surface area (Å²) in [5.74, 6) is 0.747. The molecule has 0 aliphatic heterocycles. The molecule has 0 amide bonds. The molecule has 2 N–H and O–H groups in total. The molecule has 0 bridgehead atoms. The second kappa shape index (κ2) is 4.54. The van der Waals surface area contributed by atoms with Gasteiger partial charge in [-0.05, 0) is 41.9 Å². The van der Waals surface area contributed by atoms with Crippen LogP contribution >= 0.6 is 28.1 Å². The molecule has 0 aromatic carbocycles. The van der Waals surface area contributed by atoms with Gasteiger partial charge < -0.3 is 5.73 Å². The number of hydrogen-bond donors (Lipinski definition) is 1. The van der Waals surface area contributed by atoms with Crippen molar-refractivity contribution in [1.29, 1.82) is 0 Å². The molecule has 17 heavy (non-hydrogen) atoms. The van der Waals surface area contributed by atoms with Crippen LogP contribution in [0.4, 0.5) is 0 Å². The molecule has 6 heteroatoms. The molecular formula is C11H11BrN4S. The van der Waals surface area contributed by atoms with Gasteiger partial charge in [0.1, 0.15) is 4.99 Å². The number of rotatable bonds is 2. The summed E-state index contributed by atoms with van der Waals surface area (Å²) in [6.07, 6.45) is 1.65. The van der Waals surface area contributed by atoms with Crippen LogP contribution in [0.25, 0.3) is 5.82 Å². The van der Waals surface area contributed by atoms with Crippen LogP contribution in [-0.4, -0.2) is 19.8 Å². The fourth-order valence-corrected chi connectivity index (χ4v) is 1.87. The van der Waals surface area contributed by atoms with E-state index in [2.05, 4.69) is 26.0 Å². The third kappa shape index (κ3) is 2.23. The van der Waals surface area contributed by atoms with Crippen LogP contribution < -0.4 is 5.73 Å². The molecule has 0 saturated heterocycles. The molecule has 0 radical (unpaired) electrons. The summed E-state index contributed by atoms with van der Waals surface area (Å²) in [4.78, 5) is 4.64. The molecule has 88 valence electrons. The normalized spacial score (nSPS) is 10.5. The molecule has 0 spiro atoms. The van der Waals surface area contributed by atoms with E-state index in [0.29, 0.717) is 4.99 Å². The van der Waals surface area contributed by atoms with Crippen molar-refractivity contribution >= 4 is 33.1 Å². The minimum Gasteiger partial charge on any atom is -0.389 e. The first-order chi connectivity index (χ1) is 8.00. The molecule has 2 aromatic rings. The number of thiocarbonyl (C=S) groups is 1. The van der Waals surface area contributed by atoms with Crippen molar-refractivity contribution in [2.24, 2.45) is 5.73 Å². The summed E-state index contributed by atoms with van der Waals surface area (Å²) < 4.78 is 2.78. The molecule has 4 nitrogen and oxygen atoms in total. The van der Waals surface area contributed by atoms with Gasteiger partial charge in [0.25, 0.3) is 0 Å². The predicted molar refractivity (Wildman–Crippen MR) is 74.4 cm³/mol. The molecule has 0 atom stereocenters. The SMILES string of the molecule is Cc1nn(-c2ccc(C(N)=S)cn2)c(C)c1Br. The van der Waals surface area contributed by atoms with E-state index in [1.165, 1.54) is 0 Å². The summed E-state index contributed by atoms with van der Waals surface area (Å²) >= 11 is 8.36. The number of nitrogens with two attached hydrogens (primary N) is 1. The Hall–Kier alpha value is -1.27. The first kappa shape index (κ1) is 12.2. The lowest BCUT2D eigenvalue weighted by Crippen LogP contribution is -2.10. The van der Waals surface area contributed by atoms with Crippen LogP contribution in [0.3, 0.4) is 0 Å². The smallest absolute Gasteiger partial charge is 0.153 e. The molecular weight excluding hydrogens is 300 g/mol. The van der Waals surface area contributed by atoms with E-state index in [0.717, 1.165) is 27.2 Å². The van der Waals surface area contributed by atoms with E-state index < -0.39 is 0 Å². The van der Waals surface area contributed by atoms with Gasteiger partial charge >= 0.3 is 0 Å². The van der Waals surface area contributed by atoms with E-state index >= 15 is 0 Å². The van der Waals surface area contributed by atoms with Crippen molar-refractivity contribution in [2.75, 3.05) is 0 Å². The van der Waals surface area contributed by atoms with Crippen LogP contribution in [0.1, 0.15) is 17.0 Å². The highest BCUT2D eigenvalue weighted by molar-refractivity contribution is 9.10. The zero-order chi connectivity index (χ0) is 12.6. The first-order valence-corrected chi connectivity index (χ1v) is 6.19. The van der Waals surface area contributed by atoms with Crippen molar-refractivity contribution in [3.05, 3.63) is 39.8 Å². The topological polar surface area (TPSA) is 56.7 Å². The molecule has 2 rings (SSSR count). The number of aryl methyl sites for hydroxylation is 1. The van der Waals surface area contributed by atoms with Crippen molar-refractivity contribution < 1.29 is 0 Å². The lowest BCUT2D eigenvalue weighted by Gasteiger charge is -2.04. The fourth-order valence-electron chi connectivity index (χ4n) is 1.50. The van der Waals surface area contributed by atoms with Gasteiger partial charge in [0, 0.05) is 11.8 Å². The fraction of sp³-hybridized carbons (Fsp3) is 0.182. The van der Waals surface area contributed by atoms with Gasteiger partial charge in [0.2, 0.25) is 0 Å². The highest BCUT2D eigenvalue weighted by atomic mass is 79.9. The Morgan fingerprint density at radius 2 is 2.12 bits per heavy atom. The maximum Gasteiger partial charge on any atom is 0.153 e. The standard InChI is InChI=1S/C11H11BrN4S/c1-6-10(12)7(2)16(15-6)9-4-3-8(5-14-9)11(13)17/h3-5H,1-2H3,(H2,13,17). The highest BCUT2D eigenvalue weighted by Gasteiger charge is 2.11. The van der Waals surface area contributed by atoms with Crippen molar-refractivity contribution in [3.8, 4) is 5.82 Å². The van der Waals surface area contributed by atoms with Crippen molar-refractivity contribution in [1.82, 2.24) is 14.8 Å². The molecule has 2 heterocycles. The van der Waals surface area contributed by atoms with Gasteiger partial charge in [0.05, 0.1) is 15.9 Å².